The first-order valence-electron chi connectivity index (χ1n) is 10.1. The number of benzene rings is 1. The van der Waals surface area contributed by atoms with Gasteiger partial charge in [0.2, 0.25) is 5.91 Å². The summed E-state index contributed by atoms with van der Waals surface area (Å²) in [6.45, 7) is 1.14. The van der Waals surface area contributed by atoms with Crippen LogP contribution < -0.4 is 5.32 Å². The lowest BCUT2D eigenvalue weighted by atomic mass is 9.97. The number of carbonyl (C=O) groups excluding carboxylic acids is 3. The van der Waals surface area contributed by atoms with Crippen LogP contribution in [0.25, 0.3) is 0 Å². The summed E-state index contributed by atoms with van der Waals surface area (Å²) in [7, 11) is 0. The van der Waals surface area contributed by atoms with Gasteiger partial charge in [-0.2, -0.15) is 0 Å². The summed E-state index contributed by atoms with van der Waals surface area (Å²) in [4.78, 5) is 37.8. The van der Waals surface area contributed by atoms with Crippen LogP contribution in [0.4, 0.5) is 0 Å². The maximum atomic E-state index is 12.3. The van der Waals surface area contributed by atoms with E-state index >= 15 is 0 Å². The standard InChI is InChI=1S/C22H28N2O3/c25-20(23-15-14-17-9-3-1-4-10-17)13-5-2-8-16-24-21(26)18-11-6-7-12-19(18)22(24)27/h6-7,9,11-12H,1-5,8,10,13-16H2,(H,23,25). The SMILES string of the molecule is O=C(CCCCCN1C(=O)c2ccccc2C1=O)NCCC1=CCCCC1. The molecular weight excluding hydrogens is 340 g/mol. The topological polar surface area (TPSA) is 66.5 Å². The summed E-state index contributed by atoms with van der Waals surface area (Å²) in [5, 5.41) is 2.99. The highest BCUT2D eigenvalue weighted by Crippen LogP contribution is 2.23. The van der Waals surface area contributed by atoms with Crippen molar-refractivity contribution in [2.45, 2.75) is 57.8 Å². The Morgan fingerprint density at radius 3 is 2.41 bits per heavy atom. The van der Waals surface area contributed by atoms with Crippen LogP contribution in [0.5, 0.6) is 0 Å². The number of nitrogens with zero attached hydrogens (tertiary/aromatic N) is 1. The number of hydrogen-bond acceptors (Lipinski definition) is 3. The quantitative estimate of drug-likeness (QED) is 0.409. The average Bonchev–Trinajstić information content (AvgIpc) is 2.93. The van der Waals surface area contributed by atoms with Gasteiger partial charge >= 0.3 is 0 Å². The summed E-state index contributed by atoms with van der Waals surface area (Å²) in [6.07, 6.45) is 11.0. The van der Waals surface area contributed by atoms with Gasteiger partial charge in [0.1, 0.15) is 0 Å². The van der Waals surface area contributed by atoms with E-state index in [1.165, 1.54) is 36.2 Å². The number of hydrogen-bond donors (Lipinski definition) is 1. The molecule has 5 nitrogen and oxygen atoms in total. The normalized spacial score (nSPS) is 16.3. The number of rotatable bonds is 9. The molecule has 3 amide bonds. The van der Waals surface area contributed by atoms with Crippen LogP contribution in [-0.2, 0) is 4.79 Å². The molecule has 0 spiro atoms. The molecule has 0 aromatic heterocycles. The predicted molar refractivity (Wildman–Crippen MR) is 104 cm³/mol. The van der Waals surface area contributed by atoms with E-state index in [1.54, 1.807) is 24.3 Å². The van der Waals surface area contributed by atoms with Crippen molar-refractivity contribution in [3.63, 3.8) is 0 Å². The van der Waals surface area contributed by atoms with E-state index in [0.29, 0.717) is 24.1 Å². The van der Waals surface area contributed by atoms with Crippen molar-refractivity contribution in [2.24, 2.45) is 0 Å². The maximum Gasteiger partial charge on any atom is 0.261 e. The Bertz CT molecular complexity index is 704. The average molecular weight is 368 g/mol. The molecular formula is C22H28N2O3. The molecule has 1 aromatic carbocycles. The van der Waals surface area contributed by atoms with Crippen molar-refractivity contribution < 1.29 is 14.4 Å². The lowest BCUT2D eigenvalue weighted by Gasteiger charge is -2.14. The van der Waals surface area contributed by atoms with Crippen molar-refractivity contribution in [1.29, 1.82) is 0 Å². The maximum absolute atomic E-state index is 12.3. The molecule has 1 aliphatic carbocycles. The summed E-state index contributed by atoms with van der Waals surface area (Å²) in [6, 6.07) is 6.94. The molecule has 0 fully saturated rings. The molecule has 1 aromatic rings. The Balaban J connectivity index is 1.28. The van der Waals surface area contributed by atoms with Gasteiger partial charge in [-0.1, -0.05) is 30.2 Å². The molecule has 27 heavy (non-hydrogen) atoms. The van der Waals surface area contributed by atoms with Crippen LogP contribution in [0.2, 0.25) is 0 Å². The van der Waals surface area contributed by atoms with E-state index in [2.05, 4.69) is 11.4 Å². The Kier molecular flexibility index (Phi) is 6.80. The van der Waals surface area contributed by atoms with Crippen molar-refractivity contribution >= 4 is 17.7 Å². The Hall–Kier alpha value is -2.43. The first-order valence-corrected chi connectivity index (χ1v) is 10.1. The third-order valence-electron chi connectivity index (χ3n) is 5.32. The van der Waals surface area contributed by atoms with Crippen LogP contribution in [0.15, 0.2) is 35.9 Å². The van der Waals surface area contributed by atoms with Gasteiger partial charge in [-0.15, -0.1) is 0 Å². The highest BCUT2D eigenvalue weighted by Gasteiger charge is 2.34. The third kappa shape index (κ3) is 5.06. The number of nitrogens with one attached hydrogen (secondary N) is 1. The van der Waals surface area contributed by atoms with Crippen molar-refractivity contribution in [3.8, 4) is 0 Å². The van der Waals surface area contributed by atoms with Crippen molar-refractivity contribution in [3.05, 3.63) is 47.0 Å². The molecule has 0 atom stereocenters. The van der Waals surface area contributed by atoms with Gasteiger partial charge in [0.25, 0.3) is 11.8 Å². The highest BCUT2D eigenvalue weighted by atomic mass is 16.2. The largest absolute Gasteiger partial charge is 0.356 e. The van der Waals surface area contributed by atoms with Crippen LogP contribution in [0, 0.1) is 0 Å². The number of amides is 3. The molecule has 0 radical (unpaired) electrons. The fourth-order valence-electron chi connectivity index (χ4n) is 3.76. The summed E-state index contributed by atoms with van der Waals surface area (Å²) < 4.78 is 0. The van der Waals surface area contributed by atoms with Crippen LogP contribution in [0.3, 0.4) is 0 Å². The van der Waals surface area contributed by atoms with E-state index in [4.69, 9.17) is 0 Å². The zero-order valence-electron chi connectivity index (χ0n) is 15.8. The van der Waals surface area contributed by atoms with Crippen LogP contribution in [-0.4, -0.2) is 35.7 Å². The second-order valence-electron chi connectivity index (χ2n) is 7.33. The molecule has 0 bridgehead atoms. The van der Waals surface area contributed by atoms with E-state index in [9.17, 15) is 14.4 Å². The molecule has 2 aliphatic rings. The fourth-order valence-corrected chi connectivity index (χ4v) is 3.76. The van der Waals surface area contributed by atoms with Crippen molar-refractivity contribution in [2.75, 3.05) is 13.1 Å². The Labute approximate surface area is 160 Å². The summed E-state index contributed by atoms with van der Waals surface area (Å²) >= 11 is 0. The number of imide groups is 1. The lowest BCUT2D eigenvalue weighted by Crippen LogP contribution is -2.30. The molecule has 3 rings (SSSR count). The first kappa shape index (κ1) is 19.3. The van der Waals surface area contributed by atoms with Gasteiger partial charge in [0.05, 0.1) is 11.1 Å². The van der Waals surface area contributed by atoms with E-state index in [0.717, 1.165) is 32.2 Å². The minimum atomic E-state index is -0.203. The number of allylic oxidation sites excluding steroid dienone is 1. The van der Waals surface area contributed by atoms with Crippen LogP contribution >= 0.6 is 0 Å². The lowest BCUT2D eigenvalue weighted by molar-refractivity contribution is -0.121. The monoisotopic (exact) mass is 368 g/mol. The van der Waals surface area contributed by atoms with Gasteiger partial charge < -0.3 is 5.32 Å². The molecule has 5 heteroatoms. The zero-order valence-corrected chi connectivity index (χ0v) is 15.8. The van der Waals surface area contributed by atoms with E-state index in [-0.39, 0.29) is 17.7 Å². The number of fused-ring (bicyclic) bond motifs is 1. The second kappa shape index (κ2) is 9.49. The highest BCUT2D eigenvalue weighted by molar-refractivity contribution is 6.21. The van der Waals surface area contributed by atoms with Crippen molar-refractivity contribution in [1.82, 2.24) is 10.2 Å². The van der Waals surface area contributed by atoms with E-state index in [1.807, 2.05) is 0 Å². The molecule has 144 valence electrons. The summed E-state index contributed by atoms with van der Waals surface area (Å²) in [5.74, 6) is -0.317. The van der Waals surface area contributed by atoms with Gasteiger partial charge in [-0.25, -0.2) is 0 Å². The minimum Gasteiger partial charge on any atom is -0.356 e. The zero-order chi connectivity index (χ0) is 19.1. The molecule has 1 heterocycles. The Morgan fingerprint density at radius 2 is 1.74 bits per heavy atom. The smallest absolute Gasteiger partial charge is 0.261 e. The fraction of sp³-hybridized carbons (Fsp3) is 0.500. The second-order valence-corrected chi connectivity index (χ2v) is 7.33. The van der Waals surface area contributed by atoms with Gasteiger partial charge in [0.15, 0.2) is 0 Å². The molecule has 1 N–H and O–H groups in total. The first-order chi connectivity index (χ1) is 13.2. The van der Waals surface area contributed by atoms with Gasteiger partial charge in [-0.3, -0.25) is 19.3 Å². The van der Waals surface area contributed by atoms with Gasteiger partial charge in [-0.05, 0) is 57.1 Å². The van der Waals surface area contributed by atoms with E-state index < -0.39 is 0 Å². The van der Waals surface area contributed by atoms with Crippen LogP contribution in [0.1, 0.15) is 78.5 Å². The summed E-state index contributed by atoms with van der Waals surface area (Å²) in [5.41, 5.74) is 2.47. The molecule has 1 aliphatic heterocycles. The van der Waals surface area contributed by atoms with Gasteiger partial charge in [0, 0.05) is 19.5 Å². The number of carbonyl (C=O) groups is 3. The number of unbranched alkanes of at least 4 members (excludes halogenated alkanes) is 2. The molecule has 0 unspecified atom stereocenters. The Morgan fingerprint density at radius 1 is 1.00 bits per heavy atom. The molecule has 0 saturated heterocycles. The molecule has 0 saturated carbocycles. The third-order valence-corrected chi connectivity index (χ3v) is 5.32. The predicted octanol–water partition coefficient (Wildman–Crippen LogP) is 3.85. The minimum absolute atomic E-state index is 0.0899.